The van der Waals surface area contributed by atoms with E-state index in [9.17, 15) is 0 Å². The van der Waals surface area contributed by atoms with Crippen molar-refractivity contribution < 1.29 is 0 Å². The number of aryl methyl sites for hydroxylation is 1. The summed E-state index contributed by atoms with van der Waals surface area (Å²) in [6, 6.07) is 4.28. The van der Waals surface area contributed by atoms with Crippen molar-refractivity contribution in [2.75, 3.05) is 7.05 Å². The summed E-state index contributed by atoms with van der Waals surface area (Å²) in [5.41, 5.74) is 2.78. The Hall–Kier alpha value is -0.890. The van der Waals surface area contributed by atoms with Gasteiger partial charge in [-0.3, -0.25) is 4.98 Å². The number of rotatable bonds is 2. The van der Waals surface area contributed by atoms with Gasteiger partial charge in [-0.1, -0.05) is 0 Å². The molecule has 2 nitrogen and oxygen atoms in total. The van der Waals surface area contributed by atoms with Crippen LogP contribution in [0.5, 0.6) is 0 Å². The van der Waals surface area contributed by atoms with E-state index in [0.717, 1.165) is 5.69 Å². The lowest BCUT2D eigenvalue weighted by Gasteiger charge is -2.14. The summed E-state index contributed by atoms with van der Waals surface area (Å²) < 4.78 is 0. The maximum atomic E-state index is 4.19. The third kappa shape index (κ3) is 1.12. The molecular formula is C10H14N2. The molecule has 64 valence electrons. The fourth-order valence-electron chi connectivity index (χ4n) is 1.65. The second-order valence-electron chi connectivity index (χ2n) is 3.52. The average molecular weight is 162 g/mol. The predicted molar refractivity (Wildman–Crippen MR) is 48.9 cm³/mol. The topological polar surface area (TPSA) is 24.9 Å². The molecule has 0 saturated heterocycles. The number of nitrogens with one attached hydrogen (secondary N) is 1. The van der Waals surface area contributed by atoms with Crippen molar-refractivity contribution in [2.24, 2.45) is 0 Å². The van der Waals surface area contributed by atoms with E-state index in [1.54, 1.807) is 0 Å². The molecule has 0 aliphatic heterocycles. The second kappa shape index (κ2) is 2.56. The monoisotopic (exact) mass is 162 g/mol. The Morgan fingerprint density at radius 3 is 2.75 bits per heavy atom. The highest BCUT2D eigenvalue weighted by molar-refractivity contribution is 5.29. The zero-order chi connectivity index (χ0) is 8.60. The van der Waals surface area contributed by atoms with Gasteiger partial charge in [0.1, 0.15) is 0 Å². The van der Waals surface area contributed by atoms with E-state index in [4.69, 9.17) is 0 Å². The standard InChI is InChI=1S/C10H14N2/c1-8-7-9(3-6-12-8)10(11-2)4-5-10/h3,6-7,11H,4-5H2,1-2H3. The Morgan fingerprint density at radius 2 is 2.25 bits per heavy atom. The van der Waals surface area contributed by atoms with Crippen molar-refractivity contribution in [1.29, 1.82) is 0 Å². The van der Waals surface area contributed by atoms with Gasteiger partial charge in [0.25, 0.3) is 0 Å². The van der Waals surface area contributed by atoms with E-state index in [-0.39, 0.29) is 5.54 Å². The third-order valence-electron chi connectivity index (χ3n) is 2.68. The van der Waals surface area contributed by atoms with Crippen LogP contribution in [0.15, 0.2) is 18.3 Å². The fraction of sp³-hybridized carbons (Fsp3) is 0.500. The zero-order valence-corrected chi connectivity index (χ0v) is 7.59. The lowest BCUT2D eigenvalue weighted by atomic mass is 10.1. The molecule has 1 N–H and O–H groups in total. The number of hydrogen-bond donors (Lipinski definition) is 1. The van der Waals surface area contributed by atoms with Crippen molar-refractivity contribution in [3.05, 3.63) is 29.6 Å². The summed E-state index contributed by atoms with van der Waals surface area (Å²) >= 11 is 0. The molecule has 0 spiro atoms. The zero-order valence-electron chi connectivity index (χ0n) is 7.59. The quantitative estimate of drug-likeness (QED) is 0.714. The Balaban J connectivity index is 2.34. The van der Waals surface area contributed by atoms with Gasteiger partial charge in [0, 0.05) is 17.4 Å². The molecule has 1 aromatic heterocycles. The van der Waals surface area contributed by atoms with Gasteiger partial charge in [-0.25, -0.2) is 0 Å². The maximum Gasteiger partial charge on any atom is 0.0435 e. The highest BCUT2D eigenvalue weighted by atomic mass is 15.0. The van der Waals surface area contributed by atoms with Crippen molar-refractivity contribution in [1.82, 2.24) is 10.3 Å². The minimum absolute atomic E-state index is 0.285. The van der Waals surface area contributed by atoms with Crippen LogP contribution in [0.3, 0.4) is 0 Å². The largest absolute Gasteiger partial charge is 0.310 e. The summed E-state index contributed by atoms with van der Waals surface area (Å²) in [5.74, 6) is 0. The fourth-order valence-corrected chi connectivity index (χ4v) is 1.65. The highest BCUT2D eigenvalue weighted by Crippen LogP contribution is 2.44. The number of hydrogen-bond acceptors (Lipinski definition) is 2. The SMILES string of the molecule is CNC1(c2ccnc(C)c2)CC1. The van der Waals surface area contributed by atoms with Gasteiger partial charge in [-0.2, -0.15) is 0 Å². The normalized spacial score (nSPS) is 19.2. The van der Waals surface area contributed by atoms with E-state index in [2.05, 4.69) is 22.4 Å². The van der Waals surface area contributed by atoms with E-state index in [0.29, 0.717) is 0 Å². The molecule has 0 aromatic carbocycles. The molecule has 0 unspecified atom stereocenters. The molecule has 2 heteroatoms. The van der Waals surface area contributed by atoms with Crippen LogP contribution in [0.25, 0.3) is 0 Å². The molecule has 0 radical (unpaired) electrons. The van der Waals surface area contributed by atoms with E-state index >= 15 is 0 Å². The molecule has 0 bridgehead atoms. The lowest BCUT2D eigenvalue weighted by molar-refractivity contribution is 0.584. The van der Waals surface area contributed by atoms with Crippen molar-refractivity contribution in [3.63, 3.8) is 0 Å². The Morgan fingerprint density at radius 1 is 1.50 bits per heavy atom. The van der Waals surface area contributed by atoms with Gasteiger partial charge >= 0.3 is 0 Å². The molecule has 1 heterocycles. The van der Waals surface area contributed by atoms with E-state index in [1.807, 2.05) is 20.2 Å². The minimum atomic E-state index is 0.285. The first-order valence-corrected chi connectivity index (χ1v) is 4.39. The average Bonchev–Trinajstić information content (AvgIpc) is 2.84. The summed E-state index contributed by atoms with van der Waals surface area (Å²) in [4.78, 5) is 4.19. The van der Waals surface area contributed by atoms with Crippen LogP contribution in [0, 0.1) is 6.92 Å². The molecular weight excluding hydrogens is 148 g/mol. The summed E-state index contributed by atoms with van der Waals surface area (Å²) in [6.07, 6.45) is 4.40. The van der Waals surface area contributed by atoms with Crippen LogP contribution < -0.4 is 5.32 Å². The van der Waals surface area contributed by atoms with E-state index in [1.165, 1.54) is 18.4 Å². The molecule has 1 aliphatic rings. The Bertz CT molecular complexity index is 290. The third-order valence-corrected chi connectivity index (χ3v) is 2.68. The molecule has 0 amide bonds. The second-order valence-corrected chi connectivity index (χ2v) is 3.52. The van der Waals surface area contributed by atoms with Crippen LogP contribution in [0.4, 0.5) is 0 Å². The van der Waals surface area contributed by atoms with Crippen molar-refractivity contribution >= 4 is 0 Å². The van der Waals surface area contributed by atoms with Gasteiger partial charge in [0.15, 0.2) is 0 Å². The van der Waals surface area contributed by atoms with Crippen LogP contribution >= 0.6 is 0 Å². The lowest BCUT2D eigenvalue weighted by Crippen LogP contribution is -2.24. The molecule has 1 saturated carbocycles. The van der Waals surface area contributed by atoms with E-state index < -0.39 is 0 Å². The predicted octanol–water partition coefficient (Wildman–Crippen LogP) is 1.60. The number of nitrogens with zero attached hydrogens (tertiary/aromatic N) is 1. The van der Waals surface area contributed by atoms with Crippen LogP contribution in [0.2, 0.25) is 0 Å². The van der Waals surface area contributed by atoms with Crippen molar-refractivity contribution in [3.8, 4) is 0 Å². The van der Waals surface area contributed by atoms with Gasteiger partial charge in [0.2, 0.25) is 0 Å². The molecule has 1 aromatic rings. The first-order valence-electron chi connectivity index (χ1n) is 4.39. The van der Waals surface area contributed by atoms with Crippen LogP contribution in [0.1, 0.15) is 24.1 Å². The molecule has 1 fully saturated rings. The van der Waals surface area contributed by atoms with Crippen molar-refractivity contribution in [2.45, 2.75) is 25.3 Å². The maximum absolute atomic E-state index is 4.19. The number of pyridine rings is 1. The first-order chi connectivity index (χ1) is 5.77. The summed E-state index contributed by atoms with van der Waals surface area (Å²) in [7, 11) is 2.03. The van der Waals surface area contributed by atoms with Gasteiger partial charge in [-0.05, 0) is 44.5 Å². The summed E-state index contributed by atoms with van der Waals surface area (Å²) in [5, 5.41) is 3.37. The van der Waals surface area contributed by atoms with Crippen LogP contribution in [-0.2, 0) is 5.54 Å². The molecule has 2 rings (SSSR count). The Labute approximate surface area is 73.0 Å². The smallest absolute Gasteiger partial charge is 0.0435 e. The van der Waals surface area contributed by atoms with Gasteiger partial charge in [0.05, 0.1) is 0 Å². The summed E-state index contributed by atoms with van der Waals surface area (Å²) in [6.45, 7) is 2.04. The molecule has 12 heavy (non-hydrogen) atoms. The molecule has 0 atom stereocenters. The van der Waals surface area contributed by atoms with Crippen LogP contribution in [-0.4, -0.2) is 12.0 Å². The first kappa shape index (κ1) is 7.74. The van der Waals surface area contributed by atoms with Gasteiger partial charge < -0.3 is 5.32 Å². The molecule has 1 aliphatic carbocycles. The highest BCUT2D eigenvalue weighted by Gasteiger charge is 2.42. The minimum Gasteiger partial charge on any atom is -0.310 e. The van der Waals surface area contributed by atoms with Gasteiger partial charge in [-0.15, -0.1) is 0 Å². The number of aromatic nitrogens is 1. The Kier molecular flexibility index (Phi) is 1.65.